The van der Waals surface area contributed by atoms with Crippen LogP contribution in [0.5, 0.6) is 0 Å². The van der Waals surface area contributed by atoms with E-state index in [1.54, 1.807) is 20.8 Å². The van der Waals surface area contributed by atoms with Crippen LogP contribution in [0.15, 0.2) is 0 Å². The van der Waals surface area contributed by atoms with Gasteiger partial charge in [0.2, 0.25) is 5.91 Å². The van der Waals surface area contributed by atoms with Crippen LogP contribution in [0.25, 0.3) is 0 Å². The second kappa shape index (κ2) is 4.75. The fourth-order valence-corrected chi connectivity index (χ4v) is 1.54. The summed E-state index contributed by atoms with van der Waals surface area (Å²) in [6.45, 7) is 4.79. The molecule has 0 spiro atoms. The first-order chi connectivity index (χ1) is 8.11. The first-order valence-corrected chi connectivity index (χ1v) is 5.41. The summed E-state index contributed by atoms with van der Waals surface area (Å²) in [4.78, 5) is 46.0. The maximum atomic E-state index is 11.8. The van der Waals surface area contributed by atoms with E-state index in [1.165, 1.54) is 0 Å². The van der Waals surface area contributed by atoms with Crippen molar-refractivity contribution in [1.29, 1.82) is 0 Å². The Morgan fingerprint density at radius 2 is 1.89 bits per heavy atom. The van der Waals surface area contributed by atoms with Gasteiger partial charge in [-0.3, -0.25) is 9.59 Å². The number of aliphatic carboxylic acids is 1. The lowest BCUT2D eigenvalue weighted by Gasteiger charge is -2.32. The van der Waals surface area contributed by atoms with Gasteiger partial charge >= 0.3 is 12.1 Å². The third-order valence-corrected chi connectivity index (χ3v) is 2.23. The van der Waals surface area contributed by atoms with E-state index in [4.69, 9.17) is 9.84 Å². The van der Waals surface area contributed by atoms with Gasteiger partial charge < -0.3 is 9.84 Å². The highest BCUT2D eigenvalue weighted by molar-refractivity contribution is 6.09. The van der Waals surface area contributed by atoms with E-state index in [0.717, 1.165) is 0 Å². The third kappa shape index (κ3) is 3.28. The molecule has 1 heterocycles. The van der Waals surface area contributed by atoms with Crippen molar-refractivity contribution in [2.75, 3.05) is 0 Å². The summed E-state index contributed by atoms with van der Waals surface area (Å²) in [5.74, 6) is -2.73. The summed E-state index contributed by atoms with van der Waals surface area (Å²) < 4.78 is 4.95. The molecule has 0 aromatic rings. The Kier molecular flexibility index (Phi) is 3.73. The van der Waals surface area contributed by atoms with Crippen LogP contribution in [0.1, 0.15) is 33.6 Å². The lowest BCUT2D eigenvalue weighted by Crippen LogP contribution is -2.54. The number of Topliss-reactive ketones (excluding diaryl/α,β-unsaturated/α-hetero) is 1. The molecule has 1 aliphatic rings. The molecule has 1 rings (SSSR count). The quantitative estimate of drug-likeness (QED) is 0.689. The molecule has 2 amide bonds. The normalized spacial score (nSPS) is 20.8. The molecule has 0 aromatic heterocycles. The Bertz CT molecular complexity index is 408. The fourth-order valence-electron chi connectivity index (χ4n) is 1.54. The molecule has 0 aliphatic carbocycles. The number of amides is 2. The standard InChI is InChI=1S/C11H15NO6/c1-11(2,3)18-10(17)12-7(9(15)16)4-6(13)5-8(12)14/h7H,4-5H2,1-3H3,(H,15,16). The molecule has 1 fully saturated rings. The minimum Gasteiger partial charge on any atom is -0.480 e. The number of nitrogens with zero attached hydrogens (tertiary/aromatic N) is 1. The molecule has 1 unspecified atom stereocenters. The molecular weight excluding hydrogens is 242 g/mol. The number of hydrogen-bond acceptors (Lipinski definition) is 5. The summed E-state index contributed by atoms with van der Waals surface area (Å²) in [6, 6.07) is -1.48. The predicted molar refractivity (Wildman–Crippen MR) is 58.7 cm³/mol. The number of carboxylic acids is 1. The molecule has 0 aromatic carbocycles. The lowest BCUT2D eigenvalue weighted by atomic mass is 10.0. The number of carboxylic acid groups (broad SMARTS) is 1. The van der Waals surface area contributed by atoms with Crippen LogP contribution in [-0.4, -0.2) is 45.4 Å². The van der Waals surface area contributed by atoms with Gasteiger partial charge in [-0.2, -0.15) is 0 Å². The minimum atomic E-state index is -1.48. The van der Waals surface area contributed by atoms with Crippen molar-refractivity contribution in [3.05, 3.63) is 0 Å². The van der Waals surface area contributed by atoms with Gasteiger partial charge in [0.05, 0.1) is 6.42 Å². The van der Waals surface area contributed by atoms with Gasteiger partial charge in [-0.05, 0) is 20.8 Å². The number of likely N-dealkylation sites (tertiary alicyclic amines) is 1. The summed E-state index contributed by atoms with van der Waals surface area (Å²) >= 11 is 0. The van der Waals surface area contributed by atoms with Gasteiger partial charge in [0.25, 0.3) is 0 Å². The zero-order chi connectivity index (χ0) is 14.1. The average Bonchev–Trinajstić information content (AvgIpc) is 2.12. The number of carbonyl (C=O) groups excluding carboxylic acids is 3. The van der Waals surface area contributed by atoms with Crippen molar-refractivity contribution in [2.24, 2.45) is 0 Å². The number of hydrogen-bond donors (Lipinski definition) is 1. The van der Waals surface area contributed by atoms with Crippen LogP contribution >= 0.6 is 0 Å². The lowest BCUT2D eigenvalue weighted by molar-refractivity contribution is -0.155. The van der Waals surface area contributed by atoms with Gasteiger partial charge in [-0.25, -0.2) is 14.5 Å². The van der Waals surface area contributed by atoms with Gasteiger partial charge in [-0.1, -0.05) is 0 Å². The number of rotatable bonds is 1. The van der Waals surface area contributed by atoms with E-state index in [-0.39, 0.29) is 6.42 Å². The first-order valence-electron chi connectivity index (χ1n) is 5.41. The monoisotopic (exact) mass is 257 g/mol. The topological polar surface area (TPSA) is 101 Å². The highest BCUT2D eigenvalue weighted by Crippen LogP contribution is 2.19. The highest BCUT2D eigenvalue weighted by atomic mass is 16.6. The number of ether oxygens (including phenoxy) is 1. The Hall–Kier alpha value is -1.92. The van der Waals surface area contributed by atoms with Crippen LogP contribution in [0, 0.1) is 0 Å². The van der Waals surface area contributed by atoms with Crippen LogP contribution in [-0.2, 0) is 19.1 Å². The van der Waals surface area contributed by atoms with E-state index in [1.807, 2.05) is 0 Å². The van der Waals surface area contributed by atoms with Crippen LogP contribution in [0.4, 0.5) is 4.79 Å². The molecule has 1 N–H and O–H groups in total. The molecule has 7 nitrogen and oxygen atoms in total. The second-order valence-corrected chi connectivity index (χ2v) is 5.02. The number of ketones is 1. The number of carbonyl (C=O) groups is 4. The van der Waals surface area contributed by atoms with E-state index in [0.29, 0.717) is 4.90 Å². The third-order valence-electron chi connectivity index (χ3n) is 2.23. The zero-order valence-electron chi connectivity index (χ0n) is 10.4. The maximum absolute atomic E-state index is 11.8. The van der Waals surface area contributed by atoms with E-state index >= 15 is 0 Å². The molecule has 0 bridgehead atoms. The first kappa shape index (κ1) is 14.1. The van der Waals surface area contributed by atoms with Gasteiger partial charge in [-0.15, -0.1) is 0 Å². The van der Waals surface area contributed by atoms with Crippen molar-refractivity contribution < 1.29 is 29.0 Å². The van der Waals surface area contributed by atoms with Crippen molar-refractivity contribution in [3.63, 3.8) is 0 Å². The van der Waals surface area contributed by atoms with E-state index in [2.05, 4.69) is 0 Å². The smallest absolute Gasteiger partial charge is 0.417 e. The van der Waals surface area contributed by atoms with Crippen molar-refractivity contribution >= 4 is 23.8 Å². The highest BCUT2D eigenvalue weighted by Gasteiger charge is 2.42. The molecule has 1 saturated heterocycles. The zero-order valence-corrected chi connectivity index (χ0v) is 10.4. The molecule has 0 saturated carbocycles. The molecule has 18 heavy (non-hydrogen) atoms. The van der Waals surface area contributed by atoms with Gasteiger partial charge in [0, 0.05) is 6.42 Å². The van der Waals surface area contributed by atoms with Gasteiger partial charge in [0.15, 0.2) is 0 Å². The summed E-state index contributed by atoms with van der Waals surface area (Å²) in [5.41, 5.74) is -0.845. The van der Waals surface area contributed by atoms with Crippen molar-refractivity contribution in [1.82, 2.24) is 4.90 Å². The maximum Gasteiger partial charge on any atom is 0.417 e. The van der Waals surface area contributed by atoms with Crippen LogP contribution in [0.3, 0.4) is 0 Å². The largest absolute Gasteiger partial charge is 0.480 e. The Morgan fingerprint density at radius 3 is 2.33 bits per heavy atom. The van der Waals surface area contributed by atoms with Crippen LogP contribution in [0.2, 0.25) is 0 Å². The predicted octanol–water partition coefficient (Wildman–Crippen LogP) is 0.566. The summed E-state index contributed by atoms with van der Waals surface area (Å²) in [5, 5.41) is 8.94. The molecule has 1 atom stereocenters. The van der Waals surface area contributed by atoms with Crippen LogP contribution < -0.4 is 0 Å². The fraction of sp³-hybridized carbons (Fsp3) is 0.636. The Labute approximate surface area is 104 Å². The van der Waals surface area contributed by atoms with Crippen molar-refractivity contribution in [2.45, 2.75) is 45.3 Å². The SMILES string of the molecule is CC(C)(C)OC(=O)N1C(=O)CC(=O)CC1C(=O)O. The minimum absolute atomic E-state index is 0.375. The molecule has 1 aliphatic heterocycles. The van der Waals surface area contributed by atoms with Gasteiger partial charge in [0.1, 0.15) is 17.4 Å². The number of imide groups is 1. The Morgan fingerprint density at radius 1 is 1.33 bits per heavy atom. The van der Waals surface area contributed by atoms with E-state index in [9.17, 15) is 19.2 Å². The molecule has 100 valence electrons. The average molecular weight is 257 g/mol. The van der Waals surface area contributed by atoms with E-state index < -0.39 is 41.8 Å². The molecule has 0 radical (unpaired) electrons. The number of piperidine rings is 1. The summed E-state index contributed by atoms with van der Waals surface area (Å²) in [7, 11) is 0. The second-order valence-electron chi connectivity index (χ2n) is 5.02. The molecule has 7 heteroatoms. The summed E-state index contributed by atoms with van der Waals surface area (Å²) in [6.07, 6.45) is -1.88. The Balaban J connectivity index is 2.95. The molecular formula is C11H15NO6. The van der Waals surface area contributed by atoms with Crippen molar-refractivity contribution in [3.8, 4) is 0 Å².